The Morgan fingerprint density at radius 1 is 1.35 bits per heavy atom. The van der Waals surface area contributed by atoms with Crippen LogP contribution in [0, 0.1) is 0 Å². The van der Waals surface area contributed by atoms with Gasteiger partial charge in [-0.1, -0.05) is 18.2 Å². The van der Waals surface area contributed by atoms with Crippen molar-refractivity contribution < 1.29 is 9.53 Å². The number of nitrogens with zero attached hydrogens (tertiary/aromatic N) is 4. The van der Waals surface area contributed by atoms with E-state index in [9.17, 15) is 4.79 Å². The molecule has 110 valence electrons. The van der Waals surface area contributed by atoms with E-state index in [4.69, 9.17) is 4.74 Å². The lowest BCUT2D eigenvalue weighted by Crippen LogP contribution is -2.41. The first kappa shape index (κ1) is 13.9. The number of morpholine rings is 1. The van der Waals surface area contributed by atoms with Crippen molar-refractivity contribution in [2.24, 2.45) is 7.05 Å². The molecule has 0 aromatic carbocycles. The molecule has 1 amide bonds. The van der Waals surface area contributed by atoms with Crippen molar-refractivity contribution >= 4 is 17.7 Å². The van der Waals surface area contributed by atoms with Gasteiger partial charge in [0.2, 0.25) is 5.91 Å². The molecule has 6 nitrogen and oxygen atoms in total. The molecule has 2 aliphatic rings. The van der Waals surface area contributed by atoms with Gasteiger partial charge in [-0.25, -0.2) is 0 Å². The van der Waals surface area contributed by atoms with Crippen molar-refractivity contribution in [1.29, 1.82) is 0 Å². The van der Waals surface area contributed by atoms with Crippen LogP contribution < -0.4 is 0 Å². The molecule has 2 fully saturated rings. The van der Waals surface area contributed by atoms with E-state index in [0.29, 0.717) is 38.0 Å². The maximum atomic E-state index is 12.1. The second kappa shape index (κ2) is 6.13. The number of amides is 1. The third kappa shape index (κ3) is 2.83. The molecule has 1 aliphatic heterocycles. The van der Waals surface area contributed by atoms with E-state index in [1.165, 1.54) is 31.0 Å². The highest BCUT2D eigenvalue weighted by molar-refractivity contribution is 7.99. The number of thioether (sulfide) groups is 1. The van der Waals surface area contributed by atoms with Gasteiger partial charge in [0.25, 0.3) is 0 Å². The number of hydrogen-bond donors (Lipinski definition) is 0. The highest BCUT2D eigenvalue weighted by Crippen LogP contribution is 2.35. The Bertz CT molecular complexity index is 481. The van der Waals surface area contributed by atoms with Crippen LogP contribution in [0.1, 0.15) is 31.0 Å². The van der Waals surface area contributed by atoms with E-state index in [2.05, 4.69) is 10.2 Å². The van der Waals surface area contributed by atoms with Crippen molar-refractivity contribution in [3.8, 4) is 0 Å². The standard InChI is InChI=1S/C13H20N4O2S/c1-16-12(10-3-2-4-10)14-15-13(16)20-9-11(18)17-5-7-19-8-6-17/h10H,2-9H2,1H3. The minimum Gasteiger partial charge on any atom is -0.378 e. The third-order valence-electron chi connectivity index (χ3n) is 4.03. The monoisotopic (exact) mass is 296 g/mol. The van der Waals surface area contributed by atoms with Crippen LogP contribution in [0.15, 0.2) is 5.16 Å². The fraction of sp³-hybridized carbons (Fsp3) is 0.769. The maximum absolute atomic E-state index is 12.1. The average Bonchev–Trinajstić information content (AvgIpc) is 2.77. The molecule has 1 saturated carbocycles. The van der Waals surface area contributed by atoms with Gasteiger partial charge in [-0.2, -0.15) is 0 Å². The number of carbonyl (C=O) groups is 1. The van der Waals surface area contributed by atoms with Crippen molar-refractivity contribution in [1.82, 2.24) is 19.7 Å². The zero-order valence-corrected chi connectivity index (χ0v) is 12.6. The Morgan fingerprint density at radius 2 is 2.10 bits per heavy atom. The van der Waals surface area contributed by atoms with Crippen molar-refractivity contribution in [3.63, 3.8) is 0 Å². The van der Waals surface area contributed by atoms with Crippen LogP contribution in [0.3, 0.4) is 0 Å². The zero-order valence-electron chi connectivity index (χ0n) is 11.7. The molecule has 3 rings (SSSR count). The summed E-state index contributed by atoms with van der Waals surface area (Å²) in [4.78, 5) is 13.9. The van der Waals surface area contributed by atoms with Gasteiger partial charge in [0.1, 0.15) is 5.82 Å². The lowest BCUT2D eigenvalue weighted by Gasteiger charge is -2.26. The van der Waals surface area contributed by atoms with E-state index < -0.39 is 0 Å². The maximum Gasteiger partial charge on any atom is 0.233 e. The van der Waals surface area contributed by atoms with Gasteiger partial charge in [0.15, 0.2) is 5.16 Å². The smallest absolute Gasteiger partial charge is 0.233 e. The van der Waals surface area contributed by atoms with Gasteiger partial charge < -0.3 is 14.2 Å². The van der Waals surface area contributed by atoms with Gasteiger partial charge in [-0.05, 0) is 12.8 Å². The molecule has 0 N–H and O–H groups in total. The van der Waals surface area contributed by atoms with E-state index in [0.717, 1.165) is 11.0 Å². The zero-order chi connectivity index (χ0) is 13.9. The number of carbonyl (C=O) groups excluding carboxylic acids is 1. The van der Waals surface area contributed by atoms with Gasteiger partial charge in [0.05, 0.1) is 19.0 Å². The lowest BCUT2D eigenvalue weighted by atomic mass is 9.85. The predicted molar refractivity (Wildman–Crippen MR) is 75.7 cm³/mol. The summed E-state index contributed by atoms with van der Waals surface area (Å²) in [6.07, 6.45) is 3.71. The fourth-order valence-corrected chi connectivity index (χ4v) is 3.33. The first-order valence-electron chi connectivity index (χ1n) is 7.13. The summed E-state index contributed by atoms with van der Waals surface area (Å²) < 4.78 is 7.30. The summed E-state index contributed by atoms with van der Waals surface area (Å²) >= 11 is 1.48. The molecule has 2 heterocycles. The van der Waals surface area contributed by atoms with E-state index >= 15 is 0 Å². The summed E-state index contributed by atoms with van der Waals surface area (Å²) in [5, 5.41) is 9.33. The molecule has 0 unspecified atom stereocenters. The number of hydrogen-bond acceptors (Lipinski definition) is 5. The summed E-state index contributed by atoms with van der Waals surface area (Å²) in [5.41, 5.74) is 0. The van der Waals surface area contributed by atoms with E-state index in [1.807, 2.05) is 16.5 Å². The van der Waals surface area contributed by atoms with Gasteiger partial charge in [0, 0.05) is 26.1 Å². The number of rotatable bonds is 4. The Balaban J connectivity index is 1.55. The molecule has 1 aliphatic carbocycles. The molecule has 1 aromatic heterocycles. The Labute approximate surface area is 122 Å². The summed E-state index contributed by atoms with van der Waals surface area (Å²) in [5.74, 6) is 2.22. The Kier molecular flexibility index (Phi) is 4.26. The second-order valence-electron chi connectivity index (χ2n) is 5.31. The number of aromatic nitrogens is 3. The SMILES string of the molecule is Cn1c(SCC(=O)N2CCOCC2)nnc1C1CCC1. The molecule has 0 radical (unpaired) electrons. The van der Waals surface area contributed by atoms with Gasteiger partial charge in [-0.15, -0.1) is 10.2 Å². The highest BCUT2D eigenvalue weighted by Gasteiger charge is 2.26. The van der Waals surface area contributed by atoms with Crippen LogP contribution in [0.4, 0.5) is 0 Å². The van der Waals surface area contributed by atoms with Crippen LogP contribution in [-0.2, 0) is 16.6 Å². The molecule has 1 saturated heterocycles. The van der Waals surface area contributed by atoms with Crippen LogP contribution in [0.5, 0.6) is 0 Å². The molecule has 7 heteroatoms. The normalized spacial score (nSPS) is 19.9. The quantitative estimate of drug-likeness (QED) is 0.777. The highest BCUT2D eigenvalue weighted by atomic mass is 32.2. The fourth-order valence-electron chi connectivity index (χ4n) is 2.50. The first-order valence-corrected chi connectivity index (χ1v) is 8.12. The molecule has 0 atom stereocenters. The van der Waals surface area contributed by atoms with E-state index in [-0.39, 0.29) is 5.91 Å². The topological polar surface area (TPSA) is 60.2 Å². The summed E-state index contributed by atoms with van der Waals surface area (Å²) in [7, 11) is 2.00. The second-order valence-corrected chi connectivity index (χ2v) is 6.25. The van der Waals surface area contributed by atoms with Gasteiger partial charge >= 0.3 is 0 Å². The molecular weight excluding hydrogens is 276 g/mol. The van der Waals surface area contributed by atoms with Gasteiger partial charge in [-0.3, -0.25) is 4.79 Å². The lowest BCUT2D eigenvalue weighted by molar-refractivity contribution is -0.132. The third-order valence-corrected chi connectivity index (χ3v) is 5.03. The average molecular weight is 296 g/mol. The van der Waals surface area contributed by atoms with E-state index in [1.54, 1.807) is 0 Å². The minimum absolute atomic E-state index is 0.159. The van der Waals surface area contributed by atoms with Crippen molar-refractivity contribution in [2.45, 2.75) is 30.3 Å². The Morgan fingerprint density at radius 3 is 2.75 bits per heavy atom. The molecule has 0 bridgehead atoms. The van der Waals surface area contributed by atoms with Crippen molar-refractivity contribution in [2.75, 3.05) is 32.1 Å². The summed E-state index contributed by atoms with van der Waals surface area (Å²) in [6.45, 7) is 2.69. The van der Waals surface area contributed by atoms with Crippen molar-refractivity contribution in [3.05, 3.63) is 5.82 Å². The predicted octanol–water partition coefficient (Wildman–Crippen LogP) is 1.03. The Hall–Kier alpha value is -1.08. The molecular formula is C13H20N4O2S. The molecule has 20 heavy (non-hydrogen) atoms. The van der Waals surface area contributed by atoms with Crippen LogP contribution >= 0.6 is 11.8 Å². The van der Waals surface area contributed by atoms with Crippen LogP contribution in [0.2, 0.25) is 0 Å². The summed E-state index contributed by atoms with van der Waals surface area (Å²) in [6, 6.07) is 0. The minimum atomic E-state index is 0.159. The molecule has 0 spiro atoms. The van der Waals surface area contributed by atoms with Crippen LogP contribution in [0.25, 0.3) is 0 Å². The largest absolute Gasteiger partial charge is 0.378 e. The first-order chi connectivity index (χ1) is 9.75. The molecule has 1 aromatic rings. The number of ether oxygens (including phenoxy) is 1. The van der Waals surface area contributed by atoms with Crippen LogP contribution in [-0.4, -0.2) is 57.6 Å².